The highest BCUT2D eigenvalue weighted by molar-refractivity contribution is 6.27. The van der Waals surface area contributed by atoms with E-state index in [9.17, 15) is 0 Å². The van der Waals surface area contributed by atoms with E-state index in [4.69, 9.17) is 4.42 Å². The Kier molecular flexibility index (Phi) is 6.25. The van der Waals surface area contributed by atoms with Crippen LogP contribution in [-0.4, -0.2) is 0 Å². The Balaban J connectivity index is 1.37. The first-order chi connectivity index (χ1) is 24.3. The monoisotopic (exact) mass is 622 g/mol. The number of hydrogen-bond donors (Lipinski definition) is 0. The van der Waals surface area contributed by atoms with Crippen LogP contribution in [0.3, 0.4) is 0 Å². The molecule has 1 heteroatoms. The fraction of sp³-hybridized carbons (Fsp3) is 0. The van der Waals surface area contributed by atoms with Gasteiger partial charge in [0.05, 0.1) is 0 Å². The number of rotatable bonds is 4. The normalized spacial score (nSPS) is 11.7. The second kappa shape index (κ2) is 11.1. The third-order valence-corrected chi connectivity index (χ3v) is 10.0. The van der Waals surface area contributed by atoms with Crippen molar-refractivity contribution in [3.05, 3.63) is 182 Å². The third kappa shape index (κ3) is 4.33. The van der Waals surface area contributed by atoms with Gasteiger partial charge in [-0.3, -0.25) is 0 Å². The highest BCUT2D eigenvalue weighted by Crippen LogP contribution is 2.50. The molecule has 1 heterocycles. The summed E-state index contributed by atoms with van der Waals surface area (Å²) >= 11 is 0. The maximum atomic E-state index is 6.57. The molecular weight excluding hydrogens is 593 g/mol. The van der Waals surface area contributed by atoms with Gasteiger partial charge in [-0.15, -0.1) is 0 Å². The summed E-state index contributed by atoms with van der Waals surface area (Å²) in [6.07, 6.45) is 0. The van der Waals surface area contributed by atoms with Crippen molar-refractivity contribution in [2.24, 2.45) is 0 Å². The summed E-state index contributed by atoms with van der Waals surface area (Å²) in [5, 5.41) is 9.59. The standard InChI is InChI=1S/C48H30O/c1-3-15-31(16-4-1)35-25-13-26-36(32-17-5-2-6-18-32)47(35)48-39-23-11-9-21-37(39)45(38-22-10-12-24-40(38)48)41-27-14-28-43-46(41)42-29-33-19-7-8-20-34(33)30-44(42)49-43/h1-30H. The van der Waals surface area contributed by atoms with Crippen LogP contribution in [0, 0.1) is 0 Å². The zero-order chi connectivity index (χ0) is 32.3. The summed E-state index contributed by atoms with van der Waals surface area (Å²) in [7, 11) is 0. The second-order valence-corrected chi connectivity index (χ2v) is 12.8. The fourth-order valence-corrected chi connectivity index (χ4v) is 7.95. The Morgan fingerprint density at radius 3 is 1.35 bits per heavy atom. The lowest BCUT2D eigenvalue weighted by atomic mass is 9.80. The Hall–Kier alpha value is -6.44. The van der Waals surface area contributed by atoms with Gasteiger partial charge in [0.25, 0.3) is 0 Å². The molecule has 0 atom stereocenters. The average molecular weight is 623 g/mol. The molecule has 0 spiro atoms. The van der Waals surface area contributed by atoms with Gasteiger partial charge in [-0.05, 0) is 95.0 Å². The van der Waals surface area contributed by atoms with Crippen molar-refractivity contribution in [3.8, 4) is 44.5 Å². The number of fused-ring (bicyclic) bond motifs is 6. The molecule has 10 rings (SSSR count). The van der Waals surface area contributed by atoms with E-state index in [2.05, 4.69) is 182 Å². The lowest BCUT2D eigenvalue weighted by molar-refractivity contribution is 0.669. The minimum absolute atomic E-state index is 0.904. The Morgan fingerprint density at radius 1 is 0.286 bits per heavy atom. The van der Waals surface area contributed by atoms with Crippen LogP contribution >= 0.6 is 0 Å². The molecule has 1 nitrogen and oxygen atoms in total. The van der Waals surface area contributed by atoms with E-state index >= 15 is 0 Å². The first-order valence-corrected chi connectivity index (χ1v) is 16.9. The number of furan rings is 1. The van der Waals surface area contributed by atoms with Crippen LogP contribution in [0.15, 0.2) is 186 Å². The van der Waals surface area contributed by atoms with E-state index < -0.39 is 0 Å². The molecule has 0 fully saturated rings. The highest BCUT2D eigenvalue weighted by Gasteiger charge is 2.23. The van der Waals surface area contributed by atoms with Gasteiger partial charge >= 0.3 is 0 Å². The summed E-state index contributed by atoms with van der Waals surface area (Å²) in [4.78, 5) is 0. The molecule has 0 aliphatic rings. The SMILES string of the molecule is c1ccc(-c2cccc(-c3ccccc3)c2-c2c3ccccc3c(-c3cccc4oc5cc6ccccc6cc5c34)c3ccccc23)cc1. The van der Waals surface area contributed by atoms with Crippen LogP contribution in [0.4, 0.5) is 0 Å². The lowest BCUT2D eigenvalue weighted by Crippen LogP contribution is -1.95. The van der Waals surface area contributed by atoms with Crippen molar-refractivity contribution in [1.29, 1.82) is 0 Å². The van der Waals surface area contributed by atoms with Gasteiger partial charge in [0.1, 0.15) is 11.2 Å². The van der Waals surface area contributed by atoms with Gasteiger partial charge in [-0.25, -0.2) is 0 Å². The second-order valence-electron chi connectivity index (χ2n) is 12.8. The molecule has 0 saturated carbocycles. The third-order valence-electron chi connectivity index (χ3n) is 10.0. The Labute approximate surface area is 284 Å². The molecule has 0 amide bonds. The molecule has 0 N–H and O–H groups in total. The van der Waals surface area contributed by atoms with E-state index in [1.165, 1.54) is 76.8 Å². The van der Waals surface area contributed by atoms with Crippen LogP contribution in [0.1, 0.15) is 0 Å². The molecule has 0 radical (unpaired) electrons. The van der Waals surface area contributed by atoms with Gasteiger partial charge in [-0.1, -0.05) is 164 Å². The highest BCUT2D eigenvalue weighted by atomic mass is 16.3. The maximum absolute atomic E-state index is 6.57. The van der Waals surface area contributed by atoms with E-state index in [1.807, 2.05) is 0 Å². The molecule has 0 bridgehead atoms. The average Bonchev–Trinajstić information content (AvgIpc) is 3.54. The molecule has 0 aliphatic carbocycles. The van der Waals surface area contributed by atoms with Gasteiger partial charge in [0.2, 0.25) is 0 Å². The molecule has 49 heavy (non-hydrogen) atoms. The van der Waals surface area contributed by atoms with E-state index in [-0.39, 0.29) is 0 Å². The summed E-state index contributed by atoms with van der Waals surface area (Å²) in [5.41, 5.74) is 11.6. The molecule has 9 aromatic carbocycles. The van der Waals surface area contributed by atoms with Gasteiger partial charge < -0.3 is 4.42 Å². The summed E-state index contributed by atoms with van der Waals surface area (Å²) in [5.74, 6) is 0. The number of hydrogen-bond acceptors (Lipinski definition) is 1. The molecular formula is C48H30O. The Morgan fingerprint density at radius 2 is 0.755 bits per heavy atom. The predicted octanol–water partition coefficient (Wildman–Crippen LogP) is 13.7. The summed E-state index contributed by atoms with van der Waals surface area (Å²) in [6, 6.07) is 65.8. The van der Waals surface area contributed by atoms with Crippen molar-refractivity contribution in [3.63, 3.8) is 0 Å². The summed E-state index contributed by atoms with van der Waals surface area (Å²) in [6.45, 7) is 0. The van der Waals surface area contributed by atoms with Crippen molar-refractivity contribution < 1.29 is 4.42 Å². The summed E-state index contributed by atoms with van der Waals surface area (Å²) < 4.78 is 6.57. The van der Waals surface area contributed by atoms with Crippen molar-refractivity contribution in [2.45, 2.75) is 0 Å². The van der Waals surface area contributed by atoms with Gasteiger partial charge in [0, 0.05) is 10.8 Å². The van der Waals surface area contributed by atoms with Crippen molar-refractivity contribution >= 4 is 54.3 Å². The van der Waals surface area contributed by atoms with Crippen LogP contribution in [0.5, 0.6) is 0 Å². The van der Waals surface area contributed by atoms with Crippen LogP contribution < -0.4 is 0 Å². The predicted molar refractivity (Wildman–Crippen MR) is 208 cm³/mol. The van der Waals surface area contributed by atoms with Gasteiger partial charge in [-0.2, -0.15) is 0 Å². The first kappa shape index (κ1) is 27.7. The molecule has 228 valence electrons. The molecule has 0 saturated heterocycles. The zero-order valence-corrected chi connectivity index (χ0v) is 26.7. The molecule has 0 aliphatic heterocycles. The van der Waals surface area contributed by atoms with Crippen LogP contribution in [0.2, 0.25) is 0 Å². The van der Waals surface area contributed by atoms with E-state index in [0.29, 0.717) is 0 Å². The Bertz CT molecular complexity index is 2750. The minimum atomic E-state index is 0.904. The molecule has 0 unspecified atom stereocenters. The first-order valence-electron chi connectivity index (χ1n) is 16.9. The van der Waals surface area contributed by atoms with E-state index in [0.717, 1.165) is 21.9 Å². The minimum Gasteiger partial charge on any atom is -0.456 e. The van der Waals surface area contributed by atoms with Crippen molar-refractivity contribution in [2.75, 3.05) is 0 Å². The van der Waals surface area contributed by atoms with E-state index in [1.54, 1.807) is 0 Å². The smallest absolute Gasteiger partial charge is 0.136 e. The fourth-order valence-electron chi connectivity index (χ4n) is 7.95. The van der Waals surface area contributed by atoms with Crippen molar-refractivity contribution in [1.82, 2.24) is 0 Å². The maximum Gasteiger partial charge on any atom is 0.136 e. The molecule has 1 aromatic heterocycles. The lowest BCUT2D eigenvalue weighted by Gasteiger charge is -2.22. The van der Waals surface area contributed by atoms with Crippen LogP contribution in [-0.2, 0) is 0 Å². The van der Waals surface area contributed by atoms with Gasteiger partial charge in [0.15, 0.2) is 0 Å². The largest absolute Gasteiger partial charge is 0.456 e. The molecule has 10 aromatic rings. The zero-order valence-electron chi connectivity index (χ0n) is 26.7. The van der Waals surface area contributed by atoms with Crippen LogP contribution in [0.25, 0.3) is 98.8 Å². The topological polar surface area (TPSA) is 13.1 Å². The quantitative estimate of drug-likeness (QED) is 0.178. The number of benzene rings is 9.